The molecule has 3 rings (SSSR count). The Labute approximate surface area is 164 Å². The van der Waals surface area contributed by atoms with Crippen molar-refractivity contribution in [2.75, 3.05) is 18.1 Å². The number of carboxylic acid groups (broad SMARTS) is 1. The first-order chi connectivity index (χ1) is 13.2. The zero-order chi connectivity index (χ0) is 21.1. The third kappa shape index (κ3) is 4.17. The second-order valence-corrected chi connectivity index (χ2v) is 6.38. The van der Waals surface area contributed by atoms with Crippen LogP contribution in [0.2, 0.25) is 0 Å². The van der Waals surface area contributed by atoms with E-state index in [1.54, 1.807) is 0 Å². The van der Waals surface area contributed by atoms with E-state index in [2.05, 4.69) is 27.6 Å². The number of hydrogen-bond acceptors (Lipinski definition) is 12. The summed E-state index contributed by atoms with van der Waals surface area (Å²) < 4.78 is 6.17. The summed E-state index contributed by atoms with van der Waals surface area (Å²) in [5.41, 5.74) is 11.1. The Bertz CT molecular complexity index is 823. The fourth-order valence-corrected chi connectivity index (χ4v) is 2.76. The highest BCUT2D eigenvalue weighted by molar-refractivity contribution is 7.80. The highest BCUT2D eigenvalue weighted by atomic mass is 32.1. The van der Waals surface area contributed by atoms with Gasteiger partial charge in [0.15, 0.2) is 17.6 Å². The lowest BCUT2D eigenvalue weighted by Crippen LogP contribution is -2.45. The van der Waals surface area contributed by atoms with E-state index in [1.165, 1.54) is 6.33 Å². The lowest BCUT2D eigenvalue weighted by Gasteiger charge is -2.27. The normalized spacial score (nSPS) is 28.0. The average molecular weight is 418 g/mol. The lowest BCUT2D eigenvalue weighted by atomic mass is 10.1. The molecule has 0 amide bonds. The fourth-order valence-electron chi connectivity index (χ4n) is 2.48. The molecule has 1 fully saturated rings. The molecule has 1 aliphatic heterocycles. The van der Waals surface area contributed by atoms with E-state index in [1.807, 2.05) is 0 Å². The number of aliphatic hydroxyl groups excluding tert-OH is 3. The molecule has 0 bridgehead atoms. The zero-order valence-corrected chi connectivity index (χ0v) is 15.4. The number of hydrogen-bond donors (Lipinski definition) is 8. The Balaban J connectivity index is 0.000000300. The largest absolute Gasteiger partial charge is 0.480 e. The maximum absolute atomic E-state index is 10.5. The molecule has 14 heteroatoms. The number of aliphatic carboxylic acids is 1. The number of nitrogens with zero attached hydrogens (tertiary/aromatic N) is 4. The SMILES string of the molecule is NC(CCS)C(=O)O.Nc1ncnc2c1ncn2[C@]1(O)O[C@H](CO)[C@@H](O)[C@H]1O. The predicted octanol–water partition coefficient (Wildman–Crippen LogP) is -3.16. The average Bonchev–Trinajstić information content (AvgIpc) is 3.19. The third-order valence-electron chi connectivity index (χ3n) is 4.06. The van der Waals surface area contributed by atoms with Gasteiger partial charge in [-0.1, -0.05) is 0 Å². The standard InChI is InChI=1S/C10H13N5O5.C4H9NO2S/c11-8-5-9(13-2-12-8)15(3-14-5)10(19)7(18)6(17)4(1-16)20-10;5-3(1-2-8)4(6)7/h2-4,6-7,16-19H,1H2,(H2,11,12,13);3,8H,1-2,5H2,(H,6,7)/t4-,6-,7-,10-;/m1./s1. The quantitative estimate of drug-likeness (QED) is 0.225. The number of imidazole rings is 1. The summed E-state index contributed by atoms with van der Waals surface area (Å²) in [5, 5.41) is 47.4. The Hall–Kier alpha value is -2.07. The van der Waals surface area contributed by atoms with Gasteiger partial charge in [-0.05, 0) is 12.2 Å². The molecule has 28 heavy (non-hydrogen) atoms. The number of anilines is 1. The molecule has 13 nitrogen and oxygen atoms in total. The van der Waals surface area contributed by atoms with Crippen LogP contribution >= 0.6 is 12.6 Å². The van der Waals surface area contributed by atoms with Crippen molar-refractivity contribution in [3.8, 4) is 0 Å². The van der Waals surface area contributed by atoms with Crippen LogP contribution in [0.25, 0.3) is 11.2 Å². The molecule has 2 aromatic heterocycles. The minimum Gasteiger partial charge on any atom is -0.480 e. The van der Waals surface area contributed by atoms with E-state index >= 15 is 0 Å². The molecule has 0 saturated carbocycles. The first-order valence-electron chi connectivity index (χ1n) is 8.07. The Morgan fingerprint density at radius 3 is 2.57 bits per heavy atom. The summed E-state index contributed by atoms with van der Waals surface area (Å²) in [4.78, 5) is 21.5. The van der Waals surface area contributed by atoms with Crippen molar-refractivity contribution in [3.05, 3.63) is 12.7 Å². The molecule has 0 aliphatic carbocycles. The summed E-state index contributed by atoms with van der Waals surface area (Å²) in [6, 6.07) is -0.743. The molecule has 156 valence electrons. The number of aromatic nitrogens is 4. The highest BCUT2D eigenvalue weighted by Gasteiger charge is 2.55. The Kier molecular flexibility index (Phi) is 7.11. The molecular formula is C14H22N6O7S. The van der Waals surface area contributed by atoms with Crippen LogP contribution in [-0.4, -0.2) is 87.7 Å². The maximum Gasteiger partial charge on any atom is 0.320 e. The van der Waals surface area contributed by atoms with E-state index in [0.29, 0.717) is 12.2 Å². The van der Waals surface area contributed by atoms with Gasteiger partial charge in [-0.3, -0.25) is 9.36 Å². The topological polar surface area (TPSA) is 223 Å². The van der Waals surface area contributed by atoms with Crippen LogP contribution in [0.4, 0.5) is 5.82 Å². The summed E-state index contributed by atoms with van der Waals surface area (Å²) in [6.07, 6.45) is -1.52. The van der Waals surface area contributed by atoms with Crippen LogP contribution in [0.5, 0.6) is 0 Å². The predicted molar refractivity (Wildman–Crippen MR) is 98.0 cm³/mol. The van der Waals surface area contributed by atoms with Gasteiger partial charge in [-0.15, -0.1) is 0 Å². The molecule has 0 aromatic carbocycles. The van der Waals surface area contributed by atoms with Crippen molar-refractivity contribution in [1.82, 2.24) is 19.5 Å². The van der Waals surface area contributed by atoms with Gasteiger partial charge in [0.05, 0.1) is 6.61 Å². The number of nitrogens with two attached hydrogens (primary N) is 2. The first kappa shape index (κ1) is 22.2. The number of carbonyl (C=O) groups is 1. The molecule has 1 saturated heterocycles. The summed E-state index contributed by atoms with van der Waals surface area (Å²) in [5.74, 6) is -2.64. The molecule has 9 N–H and O–H groups in total. The van der Waals surface area contributed by atoms with E-state index in [0.717, 1.165) is 10.9 Å². The number of thiol groups is 1. The van der Waals surface area contributed by atoms with Gasteiger partial charge in [0.25, 0.3) is 5.91 Å². The van der Waals surface area contributed by atoms with Crippen molar-refractivity contribution >= 4 is 35.6 Å². The van der Waals surface area contributed by atoms with Gasteiger partial charge in [-0.2, -0.15) is 12.6 Å². The summed E-state index contributed by atoms with van der Waals surface area (Å²) in [7, 11) is 0. The van der Waals surface area contributed by atoms with E-state index in [9.17, 15) is 20.1 Å². The van der Waals surface area contributed by atoms with Crippen LogP contribution in [-0.2, 0) is 15.4 Å². The second kappa shape index (κ2) is 8.95. The van der Waals surface area contributed by atoms with Crippen molar-refractivity contribution < 1.29 is 35.1 Å². The van der Waals surface area contributed by atoms with Gasteiger partial charge in [-0.25, -0.2) is 15.0 Å². The van der Waals surface area contributed by atoms with Gasteiger partial charge >= 0.3 is 5.97 Å². The lowest BCUT2D eigenvalue weighted by molar-refractivity contribution is -0.287. The smallest absolute Gasteiger partial charge is 0.320 e. The number of rotatable bonds is 5. The van der Waals surface area contributed by atoms with Crippen molar-refractivity contribution in [1.29, 1.82) is 0 Å². The zero-order valence-electron chi connectivity index (χ0n) is 14.5. The number of carboxylic acids is 1. The van der Waals surface area contributed by atoms with E-state index in [-0.39, 0.29) is 17.0 Å². The van der Waals surface area contributed by atoms with Crippen molar-refractivity contribution in [3.63, 3.8) is 0 Å². The minimum atomic E-state index is -2.30. The summed E-state index contributed by atoms with van der Waals surface area (Å²) >= 11 is 3.81. The van der Waals surface area contributed by atoms with E-state index in [4.69, 9.17) is 26.4 Å². The summed E-state index contributed by atoms with van der Waals surface area (Å²) in [6.45, 7) is -0.565. The van der Waals surface area contributed by atoms with Crippen LogP contribution in [0.15, 0.2) is 12.7 Å². The molecule has 1 aliphatic rings. The number of aliphatic hydroxyl groups is 4. The minimum absolute atomic E-state index is 0.101. The molecule has 2 aromatic rings. The third-order valence-corrected chi connectivity index (χ3v) is 4.32. The Morgan fingerprint density at radius 2 is 2.07 bits per heavy atom. The first-order valence-corrected chi connectivity index (χ1v) is 8.71. The van der Waals surface area contributed by atoms with Crippen molar-refractivity contribution in [2.45, 2.75) is 36.7 Å². The second-order valence-electron chi connectivity index (χ2n) is 5.94. The molecule has 1 unspecified atom stereocenters. The molecule has 3 heterocycles. The van der Waals surface area contributed by atoms with Crippen LogP contribution in [0.1, 0.15) is 6.42 Å². The molecule has 5 atom stereocenters. The highest BCUT2D eigenvalue weighted by Crippen LogP contribution is 2.35. The fraction of sp³-hybridized carbons (Fsp3) is 0.571. The number of ether oxygens (including phenoxy) is 1. The van der Waals surface area contributed by atoms with Gasteiger partial charge < -0.3 is 41.7 Å². The Morgan fingerprint density at radius 1 is 1.39 bits per heavy atom. The monoisotopic (exact) mass is 418 g/mol. The van der Waals surface area contributed by atoms with Crippen LogP contribution in [0, 0.1) is 0 Å². The van der Waals surface area contributed by atoms with Crippen LogP contribution in [0.3, 0.4) is 0 Å². The maximum atomic E-state index is 10.5. The molecule has 0 spiro atoms. The van der Waals surface area contributed by atoms with Gasteiger partial charge in [0.1, 0.15) is 36.4 Å². The molecular weight excluding hydrogens is 396 g/mol. The van der Waals surface area contributed by atoms with Gasteiger partial charge in [0, 0.05) is 0 Å². The van der Waals surface area contributed by atoms with Crippen LogP contribution < -0.4 is 11.5 Å². The van der Waals surface area contributed by atoms with Gasteiger partial charge in [0.2, 0.25) is 0 Å². The van der Waals surface area contributed by atoms with Crippen molar-refractivity contribution in [2.24, 2.45) is 5.73 Å². The number of fused-ring (bicyclic) bond motifs is 1. The van der Waals surface area contributed by atoms with E-state index < -0.39 is 42.8 Å². The molecule has 0 radical (unpaired) electrons. The number of nitrogen functional groups attached to an aromatic ring is 1.